The lowest BCUT2D eigenvalue weighted by molar-refractivity contribution is -0.141. The molecule has 25 heavy (non-hydrogen) atoms. The van der Waals surface area contributed by atoms with Crippen LogP contribution in [0.15, 0.2) is 42.6 Å². The minimum Gasteiger partial charge on any atom is -0.308 e. The molecule has 4 nitrogen and oxygen atoms in total. The van der Waals surface area contributed by atoms with E-state index in [9.17, 15) is 13.2 Å². The van der Waals surface area contributed by atoms with E-state index in [0.717, 1.165) is 22.5 Å². The van der Waals surface area contributed by atoms with Gasteiger partial charge in [0.2, 0.25) is 0 Å². The molecule has 7 heteroatoms. The highest BCUT2D eigenvalue weighted by molar-refractivity contribution is 5.81. The number of fused-ring (bicyclic) bond motifs is 1. The molecule has 132 valence electrons. The maximum Gasteiger partial charge on any atom is 0.435 e. The van der Waals surface area contributed by atoms with Crippen molar-refractivity contribution in [2.75, 3.05) is 6.54 Å². The Bertz CT molecular complexity index is 865. The van der Waals surface area contributed by atoms with Crippen molar-refractivity contribution in [1.29, 1.82) is 0 Å². The quantitative estimate of drug-likeness (QED) is 0.755. The van der Waals surface area contributed by atoms with Crippen molar-refractivity contribution in [3.05, 3.63) is 59.5 Å². The van der Waals surface area contributed by atoms with Crippen LogP contribution in [-0.4, -0.2) is 21.3 Å². The van der Waals surface area contributed by atoms with Crippen LogP contribution in [0, 0.1) is 6.92 Å². The predicted octanol–water partition coefficient (Wildman–Crippen LogP) is 4.11. The van der Waals surface area contributed by atoms with E-state index in [2.05, 4.69) is 15.4 Å². The van der Waals surface area contributed by atoms with Crippen LogP contribution in [-0.2, 0) is 12.7 Å². The first-order valence-corrected chi connectivity index (χ1v) is 8.05. The predicted molar refractivity (Wildman–Crippen MR) is 90.1 cm³/mol. The average Bonchev–Trinajstić information content (AvgIpc) is 2.95. The number of rotatable bonds is 5. The zero-order chi connectivity index (χ0) is 18.0. The Morgan fingerprint density at radius 1 is 1.20 bits per heavy atom. The summed E-state index contributed by atoms with van der Waals surface area (Å²) in [5, 5.41) is 8.03. The fraction of sp³-hybridized carbons (Fsp3) is 0.333. The largest absolute Gasteiger partial charge is 0.435 e. The van der Waals surface area contributed by atoms with Crippen LogP contribution < -0.4 is 5.32 Å². The molecule has 0 radical (unpaired) electrons. The number of aryl methyl sites for hydroxylation is 1. The number of alkyl halides is 3. The van der Waals surface area contributed by atoms with Crippen LogP contribution >= 0.6 is 0 Å². The zero-order valence-corrected chi connectivity index (χ0v) is 14.0. The lowest BCUT2D eigenvalue weighted by atomic mass is 10.0. The highest BCUT2D eigenvalue weighted by atomic mass is 19.4. The molecule has 3 aromatic rings. The molecule has 1 N–H and O–H groups in total. The Kier molecular flexibility index (Phi) is 4.76. The Morgan fingerprint density at radius 2 is 1.96 bits per heavy atom. The van der Waals surface area contributed by atoms with Gasteiger partial charge in [-0.1, -0.05) is 24.3 Å². The number of aromatic nitrogens is 3. The summed E-state index contributed by atoms with van der Waals surface area (Å²) in [4.78, 5) is 4.43. The van der Waals surface area contributed by atoms with E-state index in [1.807, 2.05) is 37.3 Å². The Morgan fingerprint density at radius 3 is 2.68 bits per heavy atom. The van der Waals surface area contributed by atoms with Crippen LogP contribution in [0.5, 0.6) is 0 Å². The molecule has 0 aliphatic heterocycles. The maximum atomic E-state index is 12.7. The summed E-state index contributed by atoms with van der Waals surface area (Å²) in [6.07, 6.45) is -2.66. The monoisotopic (exact) mass is 348 g/mol. The van der Waals surface area contributed by atoms with Crippen LogP contribution in [0.4, 0.5) is 13.2 Å². The smallest absolute Gasteiger partial charge is 0.308 e. The van der Waals surface area contributed by atoms with E-state index >= 15 is 0 Å². The van der Waals surface area contributed by atoms with E-state index in [1.165, 1.54) is 4.68 Å². The molecule has 1 unspecified atom stereocenters. The van der Waals surface area contributed by atoms with Crippen molar-refractivity contribution in [2.45, 2.75) is 32.6 Å². The maximum absolute atomic E-state index is 12.7. The molecule has 1 aromatic carbocycles. The molecule has 0 saturated carbocycles. The van der Waals surface area contributed by atoms with E-state index in [-0.39, 0.29) is 6.04 Å². The standard InChI is InChI=1S/C18H19F3N4/c1-12-11-16(18(19,20)21)24-25(12)10-9-22-13(2)15-7-3-5-14-6-4-8-23-17(14)15/h3-8,11,13,22H,9-10H2,1-2H3. The van der Waals surface area contributed by atoms with Crippen molar-refractivity contribution >= 4 is 10.9 Å². The highest BCUT2D eigenvalue weighted by Gasteiger charge is 2.34. The number of hydrogen-bond acceptors (Lipinski definition) is 3. The number of halogens is 3. The average molecular weight is 348 g/mol. The number of nitrogens with one attached hydrogen (secondary N) is 1. The highest BCUT2D eigenvalue weighted by Crippen LogP contribution is 2.28. The third-order valence-electron chi connectivity index (χ3n) is 4.18. The second-order valence-electron chi connectivity index (χ2n) is 5.99. The molecular weight excluding hydrogens is 329 g/mol. The van der Waals surface area contributed by atoms with Gasteiger partial charge < -0.3 is 5.32 Å². The van der Waals surface area contributed by atoms with Crippen molar-refractivity contribution < 1.29 is 13.2 Å². The molecule has 0 fully saturated rings. The molecule has 0 amide bonds. The first-order valence-electron chi connectivity index (χ1n) is 8.05. The summed E-state index contributed by atoms with van der Waals surface area (Å²) in [5.74, 6) is 0. The van der Waals surface area contributed by atoms with Crippen LogP contribution in [0.25, 0.3) is 10.9 Å². The van der Waals surface area contributed by atoms with Crippen LogP contribution in [0.2, 0.25) is 0 Å². The zero-order valence-electron chi connectivity index (χ0n) is 14.0. The molecular formula is C18H19F3N4. The summed E-state index contributed by atoms with van der Waals surface area (Å²) >= 11 is 0. The van der Waals surface area contributed by atoms with E-state index in [1.54, 1.807) is 13.1 Å². The molecule has 2 heterocycles. The van der Waals surface area contributed by atoms with Gasteiger partial charge in [-0.3, -0.25) is 9.67 Å². The van der Waals surface area contributed by atoms with Gasteiger partial charge >= 0.3 is 6.18 Å². The van der Waals surface area contributed by atoms with Crippen molar-refractivity contribution in [1.82, 2.24) is 20.1 Å². The number of hydrogen-bond donors (Lipinski definition) is 1. The summed E-state index contributed by atoms with van der Waals surface area (Å²) < 4.78 is 39.5. The molecule has 1 atom stereocenters. The van der Waals surface area contributed by atoms with Gasteiger partial charge in [-0.05, 0) is 31.5 Å². The topological polar surface area (TPSA) is 42.7 Å². The van der Waals surface area contributed by atoms with Crippen molar-refractivity contribution in [2.24, 2.45) is 0 Å². The SMILES string of the molecule is Cc1cc(C(F)(F)F)nn1CCNC(C)c1cccc2cccnc12. The Labute approximate surface area is 143 Å². The van der Waals surface area contributed by atoms with Crippen LogP contribution in [0.1, 0.15) is 29.9 Å². The molecule has 0 aliphatic rings. The fourth-order valence-electron chi connectivity index (χ4n) is 2.85. The van der Waals surface area contributed by atoms with Gasteiger partial charge in [0.15, 0.2) is 5.69 Å². The molecule has 0 bridgehead atoms. The molecule has 2 aromatic heterocycles. The van der Waals surface area contributed by atoms with Gasteiger partial charge in [0.25, 0.3) is 0 Å². The van der Waals surface area contributed by atoms with Gasteiger partial charge in [-0.25, -0.2) is 0 Å². The van der Waals surface area contributed by atoms with Gasteiger partial charge in [-0.2, -0.15) is 18.3 Å². The summed E-state index contributed by atoms with van der Waals surface area (Å²) in [5.41, 5.74) is 1.64. The van der Waals surface area contributed by atoms with Gasteiger partial charge in [0, 0.05) is 29.9 Å². The first kappa shape index (κ1) is 17.4. The number of para-hydroxylation sites is 1. The lowest BCUT2D eigenvalue weighted by Crippen LogP contribution is -2.24. The molecule has 3 rings (SSSR count). The Balaban J connectivity index is 1.67. The first-order chi connectivity index (χ1) is 11.9. The summed E-state index contributed by atoms with van der Waals surface area (Å²) in [7, 11) is 0. The van der Waals surface area contributed by atoms with Gasteiger partial charge in [0.05, 0.1) is 12.1 Å². The van der Waals surface area contributed by atoms with Crippen molar-refractivity contribution in [3.8, 4) is 0 Å². The van der Waals surface area contributed by atoms with Crippen molar-refractivity contribution in [3.63, 3.8) is 0 Å². The van der Waals surface area contributed by atoms with Crippen LogP contribution in [0.3, 0.4) is 0 Å². The third kappa shape index (κ3) is 3.82. The van der Waals surface area contributed by atoms with Gasteiger partial charge in [0.1, 0.15) is 0 Å². The molecule has 0 spiro atoms. The second-order valence-corrected chi connectivity index (χ2v) is 5.99. The Hall–Kier alpha value is -2.41. The second kappa shape index (κ2) is 6.84. The van der Waals surface area contributed by atoms with Gasteiger partial charge in [-0.15, -0.1) is 0 Å². The van der Waals surface area contributed by atoms with E-state index < -0.39 is 11.9 Å². The molecule has 0 aliphatic carbocycles. The summed E-state index contributed by atoms with van der Waals surface area (Å²) in [6.45, 7) is 4.51. The van der Waals surface area contributed by atoms with E-state index in [4.69, 9.17) is 0 Å². The fourth-order valence-corrected chi connectivity index (χ4v) is 2.85. The molecule has 0 saturated heterocycles. The third-order valence-corrected chi connectivity index (χ3v) is 4.18. The number of pyridine rings is 1. The minimum absolute atomic E-state index is 0.0246. The minimum atomic E-state index is -4.41. The summed E-state index contributed by atoms with van der Waals surface area (Å²) in [6, 6.07) is 11.0. The number of benzene rings is 1. The lowest BCUT2D eigenvalue weighted by Gasteiger charge is -2.16. The van der Waals surface area contributed by atoms with E-state index in [0.29, 0.717) is 18.8 Å². The normalized spacial score (nSPS) is 13.3. The number of nitrogens with zero attached hydrogens (tertiary/aromatic N) is 3.